The first-order valence-corrected chi connectivity index (χ1v) is 10.5. The van der Waals surface area contributed by atoms with E-state index in [1.54, 1.807) is 0 Å². The molecule has 3 aromatic carbocycles. The first-order chi connectivity index (χ1) is 14.5. The highest BCUT2D eigenvalue weighted by molar-refractivity contribution is 6.25. The van der Waals surface area contributed by atoms with Gasteiger partial charge in [0.2, 0.25) is 0 Å². The summed E-state index contributed by atoms with van der Waals surface area (Å²) < 4.78 is 0. The Balaban J connectivity index is 1.76. The lowest BCUT2D eigenvalue weighted by molar-refractivity contribution is -0.127. The third-order valence-electron chi connectivity index (χ3n) is 7.10. The topological polar surface area (TPSA) is 34.1 Å². The molecule has 0 aromatic heterocycles. The van der Waals surface area contributed by atoms with E-state index in [-0.39, 0.29) is 17.5 Å². The van der Waals surface area contributed by atoms with E-state index in [1.807, 2.05) is 80.6 Å². The summed E-state index contributed by atoms with van der Waals surface area (Å²) in [7, 11) is 0. The predicted octanol–water partition coefficient (Wildman–Crippen LogP) is 6.10. The van der Waals surface area contributed by atoms with Gasteiger partial charge in [0.05, 0.1) is 10.8 Å². The van der Waals surface area contributed by atoms with Crippen LogP contribution in [0.4, 0.5) is 0 Å². The van der Waals surface area contributed by atoms with Crippen molar-refractivity contribution in [1.29, 1.82) is 0 Å². The third kappa shape index (κ3) is 2.43. The largest absolute Gasteiger partial charge is 0.298 e. The second-order valence-electron chi connectivity index (χ2n) is 8.83. The molecule has 2 bridgehead atoms. The van der Waals surface area contributed by atoms with Gasteiger partial charge in [-0.05, 0) is 42.5 Å². The Morgan fingerprint density at radius 3 is 1.73 bits per heavy atom. The smallest absolute Gasteiger partial charge is 0.167 e. The lowest BCUT2D eigenvalue weighted by atomic mass is 9.65. The highest BCUT2D eigenvalue weighted by atomic mass is 16.1. The Hall–Kier alpha value is -3.26. The zero-order valence-corrected chi connectivity index (χ0v) is 17.3. The van der Waals surface area contributed by atoms with Gasteiger partial charge >= 0.3 is 0 Å². The Kier molecular flexibility index (Phi) is 4.14. The molecule has 3 aromatic rings. The molecule has 148 valence electrons. The van der Waals surface area contributed by atoms with E-state index in [0.717, 1.165) is 22.3 Å². The van der Waals surface area contributed by atoms with Crippen molar-refractivity contribution >= 4 is 22.7 Å². The molecule has 2 aliphatic rings. The molecule has 1 saturated carbocycles. The molecule has 0 heterocycles. The SMILES string of the molecule is C[C@@]12C[C@@H](C(=O)c3ccccc3)[C@@](C)(C1=O)C(c1ccccc1)=C2c1ccccc1. The number of Topliss-reactive ketones (excluding diaryl/α,β-unsaturated/α-hetero) is 2. The molecule has 2 heteroatoms. The zero-order chi connectivity index (χ0) is 20.9. The summed E-state index contributed by atoms with van der Waals surface area (Å²) in [5, 5.41) is 0. The number of benzene rings is 3. The first kappa shape index (κ1) is 18.7. The quantitative estimate of drug-likeness (QED) is 0.503. The zero-order valence-electron chi connectivity index (χ0n) is 17.3. The van der Waals surface area contributed by atoms with Crippen molar-refractivity contribution in [2.24, 2.45) is 16.7 Å². The highest BCUT2D eigenvalue weighted by Crippen LogP contribution is 2.69. The van der Waals surface area contributed by atoms with E-state index < -0.39 is 10.8 Å². The molecule has 3 atom stereocenters. The highest BCUT2D eigenvalue weighted by Gasteiger charge is 2.68. The fourth-order valence-electron chi connectivity index (χ4n) is 5.75. The van der Waals surface area contributed by atoms with Crippen LogP contribution in [0.25, 0.3) is 11.1 Å². The van der Waals surface area contributed by atoms with Gasteiger partial charge in [-0.3, -0.25) is 9.59 Å². The van der Waals surface area contributed by atoms with E-state index in [1.165, 1.54) is 0 Å². The maximum absolute atomic E-state index is 13.9. The van der Waals surface area contributed by atoms with E-state index in [0.29, 0.717) is 12.0 Å². The molecule has 0 radical (unpaired) electrons. The molecular weight excluding hydrogens is 368 g/mol. The molecule has 0 aliphatic heterocycles. The van der Waals surface area contributed by atoms with E-state index in [9.17, 15) is 9.59 Å². The van der Waals surface area contributed by atoms with Crippen molar-refractivity contribution in [2.75, 3.05) is 0 Å². The Bertz CT molecular complexity index is 1160. The van der Waals surface area contributed by atoms with Crippen molar-refractivity contribution < 1.29 is 9.59 Å². The molecule has 2 nitrogen and oxygen atoms in total. The van der Waals surface area contributed by atoms with Gasteiger partial charge in [-0.25, -0.2) is 0 Å². The first-order valence-electron chi connectivity index (χ1n) is 10.5. The summed E-state index contributed by atoms with van der Waals surface area (Å²) >= 11 is 0. The number of hydrogen-bond acceptors (Lipinski definition) is 2. The summed E-state index contributed by atoms with van der Waals surface area (Å²) in [6.45, 7) is 4.02. The molecule has 1 fully saturated rings. The maximum atomic E-state index is 13.9. The van der Waals surface area contributed by atoms with Crippen LogP contribution in [0.2, 0.25) is 0 Å². The molecule has 0 unspecified atom stereocenters. The van der Waals surface area contributed by atoms with Gasteiger partial charge < -0.3 is 0 Å². The summed E-state index contributed by atoms with van der Waals surface area (Å²) in [6.07, 6.45) is 0.552. The van der Waals surface area contributed by atoms with E-state index in [4.69, 9.17) is 0 Å². The van der Waals surface area contributed by atoms with Crippen LogP contribution in [0.5, 0.6) is 0 Å². The summed E-state index contributed by atoms with van der Waals surface area (Å²) in [5.41, 5.74) is 3.37. The van der Waals surface area contributed by atoms with Crippen molar-refractivity contribution in [3.8, 4) is 0 Å². The Morgan fingerprint density at radius 1 is 0.733 bits per heavy atom. The molecule has 2 aliphatic carbocycles. The fourth-order valence-corrected chi connectivity index (χ4v) is 5.75. The van der Waals surface area contributed by atoms with Crippen molar-refractivity contribution in [3.63, 3.8) is 0 Å². The van der Waals surface area contributed by atoms with Gasteiger partial charge in [0.1, 0.15) is 0 Å². The van der Waals surface area contributed by atoms with Crippen molar-refractivity contribution in [1.82, 2.24) is 0 Å². The fraction of sp³-hybridized carbons (Fsp3) is 0.214. The third-order valence-corrected chi connectivity index (χ3v) is 7.10. The minimum atomic E-state index is -0.839. The maximum Gasteiger partial charge on any atom is 0.167 e. The molecule has 30 heavy (non-hydrogen) atoms. The van der Waals surface area contributed by atoms with Gasteiger partial charge in [0.25, 0.3) is 0 Å². The molecule has 5 rings (SSSR count). The van der Waals surface area contributed by atoms with E-state index in [2.05, 4.69) is 24.3 Å². The monoisotopic (exact) mass is 392 g/mol. The van der Waals surface area contributed by atoms with Crippen molar-refractivity contribution in [2.45, 2.75) is 20.3 Å². The number of rotatable bonds is 4. The lowest BCUT2D eigenvalue weighted by Crippen LogP contribution is -2.34. The number of ketones is 2. The number of allylic oxidation sites excluding steroid dienone is 2. The molecule has 0 N–H and O–H groups in total. The predicted molar refractivity (Wildman–Crippen MR) is 120 cm³/mol. The Morgan fingerprint density at radius 2 is 1.20 bits per heavy atom. The number of fused-ring (bicyclic) bond motifs is 2. The van der Waals surface area contributed by atoms with Gasteiger partial charge in [0, 0.05) is 11.5 Å². The van der Waals surface area contributed by atoms with Crippen LogP contribution in [-0.4, -0.2) is 11.6 Å². The lowest BCUT2D eigenvalue weighted by Gasteiger charge is -2.35. The average Bonchev–Trinajstić information content (AvgIpc) is 3.11. The summed E-state index contributed by atoms with van der Waals surface area (Å²) in [5.74, 6) is -0.127. The molecule has 0 spiro atoms. The minimum absolute atomic E-state index is 0.0655. The van der Waals surface area contributed by atoms with Crippen LogP contribution in [-0.2, 0) is 4.79 Å². The number of carbonyl (C=O) groups is 2. The minimum Gasteiger partial charge on any atom is -0.298 e. The normalized spacial score (nSPS) is 27.5. The van der Waals surface area contributed by atoms with Crippen LogP contribution < -0.4 is 0 Å². The summed E-state index contributed by atoms with van der Waals surface area (Å²) in [6, 6.07) is 29.7. The van der Waals surface area contributed by atoms with Crippen LogP contribution in [0, 0.1) is 16.7 Å². The molecule has 0 saturated heterocycles. The molecular formula is C28H24O2. The van der Waals surface area contributed by atoms with Gasteiger partial charge in [-0.2, -0.15) is 0 Å². The van der Waals surface area contributed by atoms with Gasteiger partial charge in [-0.15, -0.1) is 0 Å². The second kappa shape index (κ2) is 6.63. The van der Waals surface area contributed by atoms with Crippen LogP contribution in [0.3, 0.4) is 0 Å². The Labute approximate surface area is 177 Å². The second-order valence-corrected chi connectivity index (χ2v) is 8.83. The standard InChI is InChI=1S/C28H24O2/c1-27-18-22(25(29)21-16-10-5-11-17-21)28(2,26(27)30)24(20-14-8-4-9-15-20)23(27)19-12-6-3-7-13-19/h3-17,22H,18H2,1-2H3/t22-,27-,28+/m0/s1. The van der Waals surface area contributed by atoms with Gasteiger partial charge in [0.15, 0.2) is 11.6 Å². The average molecular weight is 392 g/mol. The molecule has 0 amide bonds. The van der Waals surface area contributed by atoms with Crippen LogP contribution >= 0.6 is 0 Å². The van der Waals surface area contributed by atoms with Crippen LogP contribution in [0.1, 0.15) is 41.8 Å². The van der Waals surface area contributed by atoms with E-state index >= 15 is 0 Å². The number of carbonyl (C=O) groups excluding carboxylic acids is 2. The van der Waals surface area contributed by atoms with Crippen LogP contribution in [0.15, 0.2) is 91.0 Å². The summed E-state index contributed by atoms with van der Waals surface area (Å²) in [4.78, 5) is 27.5. The van der Waals surface area contributed by atoms with Gasteiger partial charge in [-0.1, -0.05) is 91.0 Å². The van der Waals surface area contributed by atoms with Crippen molar-refractivity contribution in [3.05, 3.63) is 108 Å². The number of hydrogen-bond donors (Lipinski definition) is 0.